The minimum Gasteiger partial charge on any atom is -0.356 e. The summed E-state index contributed by atoms with van der Waals surface area (Å²) in [5, 5.41) is 3.01. The number of pyridine rings is 1. The summed E-state index contributed by atoms with van der Waals surface area (Å²) in [4.78, 5) is 24.4. The monoisotopic (exact) mass is 452 g/mol. The molecule has 2 N–H and O–H groups in total. The molecular weight excluding hydrogens is 420 g/mol. The van der Waals surface area contributed by atoms with Gasteiger partial charge in [-0.05, 0) is 42.5 Å². The highest BCUT2D eigenvalue weighted by Crippen LogP contribution is 2.28. The zero-order valence-corrected chi connectivity index (χ0v) is 19.5. The third kappa shape index (κ3) is 7.14. The summed E-state index contributed by atoms with van der Waals surface area (Å²) in [5.74, 6) is 1.42. The Morgan fingerprint density at radius 3 is 2.21 bits per heavy atom. The molecule has 0 unspecified atom stereocenters. The lowest BCUT2D eigenvalue weighted by molar-refractivity contribution is -0.121. The molecule has 0 radical (unpaired) electrons. The number of rotatable bonds is 12. The van der Waals surface area contributed by atoms with Crippen LogP contribution in [0.2, 0.25) is 0 Å². The number of amides is 1. The van der Waals surface area contributed by atoms with Crippen LogP contribution in [0.15, 0.2) is 91.3 Å². The maximum atomic E-state index is 12.1. The van der Waals surface area contributed by atoms with E-state index in [4.69, 9.17) is 0 Å². The van der Waals surface area contributed by atoms with Gasteiger partial charge >= 0.3 is 0 Å². The van der Waals surface area contributed by atoms with Crippen LogP contribution in [-0.2, 0) is 24.1 Å². The third-order valence-corrected chi connectivity index (χ3v) is 6.03. The van der Waals surface area contributed by atoms with Gasteiger partial charge in [0, 0.05) is 55.5 Å². The Labute approximate surface area is 201 Å². The predicted octanol–water partition coefficient (Wildman–Crippen LogP) is 5.25. The molecule has 4 rings (SSSR count). The van der Waals surface area contributed by atoms with Crippen molar-refractivity contribution in [2.24, 2.45) is 0 Å². The van der Waals surface area contributed by atoms with Crippen LogP contribution in [0.25, 0.3) is 0 Å². The zero-order valence-electron chi connectivity index (χ0n) is 19.5. The smallest absolute Gasteiger partial charge is 0.220 e. The van der Waals surface area contributed by atoms with Crippen molar-refractivity contribution in [1.29, 1.82) is 0 Å². The summed E-state index contributed by atoms with van der Waals surface area (Å²) in [6.07, 6.45) is 8.43. The van der Waals surface area contributed by atoms with Crippen LogP contribution in [0.1, 0.15) is 53.5 Å². The molecule has 1 amide bonds. The molecule has 0 aliphatic heterocycles. The predicted molar refractivity (Wildman–Crippen MR) is 136 cm³/mol. The van der Waals surface area contributed by atoms with E-state index in [2.05, 4.69) is 80.9 Å². The second kappa shape index (κ2) is 12.5. The Morgan fingerprint density at radius 2 is 1.53 bits per heavy atom. The van der Waals surface area contributed by atoms with Gasteiger partial charge in [-0.1, -0.05) is 66.7 Å². The number of nitrogens with zero attached hydrogens (tertiary/aromatic N) is 2. The van der Waals surface area contributed by atoms with Gasteiger partial charge in [0.05, 0.1) is 0 Å². The summed E-state index contributed by atoms with van der Waals surface area (Å²) >= 11 is 0. The number of aryl methyl sites for hydroxylation is 2. The van der Waals surface area contributed by atoms with Crippen LogP contribution >= 0.6 is 0 Å². The molecule has 5 nitrogen and oxygen atoms in total. The molecule has 174 valence electrons. The number of H-pyrrole nitrogens is 1. The zero-order chi connectivity index (χ0) is 23.4. The van der Waals surface area contributed by atoms with Crippen molar-refractivity contribution in [3.63, 3.8) is 0 Å². The van der Waals surface area contributed by atoms with E-state index in [-0.39, 0.29) is 5.91 Å². The quantitative estimate of drug-likeness (QED) is 0.308. The number of carbonyl (C=O) groups is 1. The summed E-state index contributed by atoms with van der Waals surface area (Å²) in [6, 6.07) is 27.2. The molecule has 2 heterocycles. The van der Waals surface area contributed by atoms with Gasteiger partial charge < -0.3 is 10.3 Å². The maximum Gasteiger partial charge on any atom is 0.220 e. The largest absolute Gasteiger partial charge is 0.356 e. The van der Waals surface area contributed by atoms with Crippen molar-refractivity contribution in [3.05, 3.63) is 120 Å². The molecule has 0 saturated heterocycles. The molecule has 0 fully saturated rings. The summed E-state index contributed by atoms with van der Waals surface area (Å²) < 4.78 is 0. The minimum atomic E-state index is 0.0873. The molecule has 0 aliphatic rings. The Morgan fingerprint density at radius 1 is 0.824 bits per heavy atom. The van der Waals surface area contributed by atoms with Crippen LogP contribution in [0.5, 0.6) is 0 Å². The van der Waals surface area contributed by atoms with Gasteiger partial charge in [0.1, 0.15) is 5.82 Å². The van der Waals surface area contributed by atoms with Gasteiger partial charge in [-0.3, -0.25) is 9.78 Å². The van der Waals surface area contributed by atoms with Crippen molar-refractivity contribution in [3.8, 4) is 0 Å². The first kappa shape index (κ1) is 23.4. The summed E-state index contributed by atoms with van der Waals surface area (Å²) in [6.45, 7) is 0.612. The number of benzene rings is 2. The van der Waals surface area contributed by atoms with Crippen LogP contribution in [0.4, 0.5) is 0 Å². The maximum absolute atomic E-state index is 12.1. The lowest BCUT2D eigenvalue weighted by Crippen LogP contribution is -2.25. The standard InChI is InChI=1S/C29H32N4O/c34-29(16-9-15-25-14-7-8-20-30-25)31-21-19-26-22-32-28(33-26)18-17-27(23-10-3-1-4-11-23)24-12-5-2-6-13-24/h1-8,10-14,20,22,27H,9,15-19,21H2,(H,31,34)(H,32,33). The topological polar surface area (TPSA) is 70.7 Å². The molecule has 0 bridgehead atoms. The highest BCUT2D eigenvalue weighted by molar-refractivity contribution is 5.75. The Bertz CT molecular complexity index is 1090. The van der Waals surface area contributed by atoms with E-state index < -0.39 is 0 Å². The van der Waals surface area contributed by atoms with Gasteiger partial charge in [0.25, 0.3) is 0 Å². The third-order valence-electron chi connectivity index (χ3n) is 6.03. The molecule has 34 heavy (non-hydrogen) atoms. The van der Waals surface area contributed by atoms with Crippen LogP contribution in [0.3, 0.4) is 0 Å². The van der Waals surface area contributed by atoms with Gasteiger partial charge in [-0.25, -0.2) is 4.98 Å². The van der Waals surface area contributed by atoms with E-state index in [1.54, 1.807) is 6.20 Å². The van der Waals surface area contributed by atoms with Gasteiger partial charge in [-0.2, -0.15) is 0 Å². The number of hydrogen-bond donors (Lipinski definition) is 2. The Hall–Kier alpha value is -3.73. The SMILES string of the molecule is O=C(CCCc1ccccn1)NCCc1cnc(CCC(c2ccccc2)c2ccccc2)[nH]1. The van der Waals surface area contributed by atoms with Gasteiger partial charge in [-0.15, -0.1) is 0 Å². The second-order valence-electron chi connectivity index (χ2n) is 8.54. The van der Waals surface area contributed by atoms with Crippen molar-refractivity contribution >= 4 is 5.91 Å². The highest BCUT2D eigenvalue weighted by atomic mass is 16.1. The number of carbonyl (C=O) groups excluding carboxylic acids is 1. The Balaban J connectivity index is 1.22. The molecule has 0 spiro atoms. The molecule has 2 aromatic heterocycles. The van der Waals surface area contributed by atoms with Gasteiger partial charge in [0.15, 0.2) is 0 Å². The molecular formula is C29H32N4O. The first-order chi connectivity index (χ1) is 16.8. The molecule has 0 aliphatic carbocycles. The van der Waals surface area contributed by atoms with E-state index in [0.717, 1.165) is 49.3 Å². The van der Waals surface area contributed by atoms with E-state index in [1.165, 1.54) is 11.1 Å². The molecule has 5 heteroatoms. The second-order valence-corrected chi connectivity index (χ2v) is 8.54. The van der Waals surface area contributed by atoms with Crippen LogP contribution in [-0.4, -0.2) is 27.4 Å². The van der Waals surface area contributed by atoms with Gasteiger partial charge in [0.2, 0.25) is 5.91 Å². The lowest BCUT2D eigenvalue weighted by atomic mass is 9.87. The first-order valence-corrected chi connectivity index (χ1v) is 12.1. The van der Waals surface area contributed by atoms with Crippen LogP contribution < -0.4 is 5.32 Å². The number of hydrogen-bond acceptors (Lipinski definition) is 3. The highest BCUT2D eigenvalue weighted by Gasteiger charge is 2.15. The first-order valence-electron chi connectivity index (χ1n) is 12.1. The fourth-order valence-electron chi connectivity index (χ4n) is 4.24. The van der Waals surface area contributed by atoms with Crippen molar-refractivity contribution in [2.75, 3.05) is 6.54 Å². The summed E-state index contributed by atoms with van der Waals surface area (Å²) in [7, 11) is 0. The normalized spacial score (nSPS) is 11.0. The van der Waals surface area contributed by atoms with Crippen molar-refractivity contribution in [1.82, 2.24) is 20.3 Å². The van der Waals surface area contributed by atoms with E-state index >= 15 is 0 Å². The number of imidazole rings is 1. The number of aromatic nitrogens is 3. The fraction of sp³-hybridized carbons (Fsp3) is 0.276. The minimum absolute atomic E-state index is 0.0873. The van der Waals surface area contributed by atoms with E-state index in [1.807, 2.05) is 24.4 Å². The number of nitrogens with one attached hydrogen (secondary N) is 2. The average Bonchev–Trinajstić information content (AvgIpc) is 3.34. The summed E-state index contributed by atoms with van der Waals surface area (Å²) in [5.41, 5.74) is 4.74. The van der Waals surface area contributed by atoms with Crippen LogP contribution in [0, 0.1) is 0 Å². The Kier molecular flexibility index (Phi) is 8.61. The average molecular weight is 453 g/mol. The van der Waals surface area contributed by atoms with Crippen molar-refractivity contribution in [2.45, 2.75) is 44.4 Å². The van der Waals surface area contributed by atoms with E-state index in [0.29, 0.717) is 18.9 Å². The molecule has 0 atom stereocenters. The molecule has 4 aromatic rings. The number of aromatic amines is 1. The molecule has 0 saturated carbocycles. The molecule has 2 aromatic carbocycles. The lowest BCUT2D eigenvalue weighted by Gasteiger charge is -2.17. The van der Waals surface area contributed by atoms with E-state index in [9.17, 15) is 4.79 Å². The van der Waals surface area contributed by atoms with Crippen molar-refractivity contribution < 1.29 is 4.79 Å². The fourth-order valence-corrected chi connectivity index (χ4v) is 4.24.